The second kappa shape index (κ2) is 3.07. The van der Waals surface area contributed by atoms with Crippen molar-refractivity contribution in [1.29, 1.82) is 0 Å². The Balaban J connectivity index is 2.31. The van der Waals surface area contributed by atoms with Crippen molar-refractivity contribution in [1.82, 2.24) is 4.98 Å². The Bertz CT molecular complexity index is 333. The van der Waals surface area contributed by atoms with E-state index in [0.29, 0.717) is 0 Å². The molecule has 0 spiro atoms. The molecule has 1 N–H and O–H groups in total. The summed E-state index contributed by atoms with van der Waals surface area (Å²) < 4.78 is 0. The standard InChI is InChI=1S/C10H9NS/c12-10-6-2-1-4-8(10)9-5-3-7-11-9/h1-8,11H. The number of H-pyrrole nitrogens is 1. The van der Waals surface area contributed by atoms with Gasteiger partial charge in [-0.3, -0.25) is 0 Å². The molecular formula is C10H9NS. The van der Waals surface area contributed by atoms with Crippen molar-refractivity contribution >= 4 is 17.1 Å². The number of nitrogens with one attached hydrogen (secondary N) is 1. The summed E-state index contributed by atoms with van der Waals surface area (Å²) in [7, 11) is 0. The highest BCUT2D eigenvalue weighted by atomic mass is 32.1. The summed E-state index contributed by atoms with van der Waals surface area (Å²) >= 11 is 5.22. The monoisotopic (exact) mass is 175 g/mol. The first-order valence-electron chi connectivity index (χ1n) is 3.90. The summed E-state index contributed by atoms with van der Waals surface area (Å²) in [5.41, 5.74) is 1.17. The third kappa shape index (κ3) is 1.25. The van der Waals surface area contributed by atoms with E-state index in [1.54, 1.807) is 0 Å². The van der Waals surface area contributed by atoms with Crippen LogP contribution in [0.3, 0.4) is 0 Å². The van der Waals surface area contributed by atoms with Gasteiger partial charge in [-0.2, -0.15) is 0 Å². The lowest BCUT2D eigenvalue weighted by atomic mass is 9.97. The van der Waals surface area contributed by atoms with Crippen LogP contribution in [0.2, 0.25) is 0 Å². The van der Waals surface area contributed by atoms with Crippen molar-refractivity contribution in [3.05, 3.63) is 48.3 Å². The molecule has 1 aliphatic carbocycles. The fourth-order valence-corrected chi connectivity index (χ4v) is 1.60. The Hall–Kier alpha value is -1.15. The van der Waals surface area contributed by atoms with Crippen LogP contribution < -0.4 is 0 Å². The molecule has 0 aliphatic heterocycles. The Morgan fingerprint density at radius 3 is 2.92 bits per heavy atom. The molecule has 60 valence electrons. The van der Waals surface area contributed by atoms with E-state index >= 15 is 0 Å². The van der Waals surface area contributed by atoms with Gasteiger partial charge in [0.2, 0.25) is 0 Å². The Morgan fingerprint density at radius 1 is 1.33 bits per heavy atom. The van der Waals surface area contributed by atoms with E-state index in [-0.39, 0.29) is 5.92 Å². The number of hydrogen-bond donors (Lipinski definition) is 1. The molecule has 0 saturated carbocycles. The molecule has 0 bridgehead atoms. The minimum atomic E-state index is 0.264. The zero-order valence-electron chi connectivity index (χ0n) is 6.53. The second-order valence-corrected chi connectivity index (χ2v) is 3.22. The van der Waals surface area contributed by atoms with E-state index in [4.69, 9.17) is 12.2 Å². The minimum Gasteiger partial charge on any atom is -0.364 e. The number of rotatable bonds is 1. The summed E-state index contributed by atoms with van der Waals surface area (Å²) in [5.74, 6) is 0.264. The Morgan fingerprint density at radius 2 is 2.25 bits per heavy atom. The van der Waals surface area contributed by atoms with Gasteiger partial charge in [0.05, 0.1) is 5.92 Å². The molecule has 0 radical (unpaired) electrons. The van der Waals surface area contributed by atoms with E-state index in [1.807, 2.05) is 30.5 Å². The van der Waals surface area contributed by atoms with Crippen LogP contribution in [0.4, 0.5) is 0 Å². The van der Waals surface area contributed by atoms with Crippen molar-refractivity contribution in [3.8, 4) is 0 Å². The summed E-state index contributed by atoms with van der Waals surface area (Å²) in [6.45, 7) is 0. The molecule has 1 aromatic heterocycles. The van der Waals surface area contributed by atoms with Gasteiger partial charge in [0.1, 0.15) is 0 Å². The molecule has 1 aromatic rings. The van der Waals surface area contributed by atoms with E-state index in [0.717, 1.165) is 4.86 Å². The molecule has 1 unspecified atom stereocenters. The fraction of sp³-hybridized carbons (Fsp3) is 0.100. The fourth-order valence-electron chi connectivity index (χ4n) is 1.32. The topological polar surface area (TPSA) is 15.8 Å². The summed E-state index contributed by atoms with van der Waals surface area (Å²) in [4.78, 5) is 4.14. The van der Waals surface area contributed by atoms with Gasteiger partial charge in [-0.15, -0.1) is 0 Å². The maximum Gasteiger partial charge on any atom is 0.0526 e. The molecule has 0 saturated heterocycles. The summed E-state index contributed by atoms with van der Waals surface area (Å²) in [6.07, 6.45) is 10.0. The molecule has 0 amide bonds. The van der Waals surface area contributed by atoms with Gasteiger partial charge in [-0.05, 0) is 18.2 Å². The molecule has 12 heavy (non-hydrogen) atoms. The molecule has 1 heterocycles. The van der Waals surface area contributed by atoms with E-state index in [9.17, 15) is 0 Å². The predicted octanol–water partition coefficient (Wildman–Crippen LogP) is 2.59. The van der Waals surface area contributed by atoms with Crippen LogP contribution in [0.5, 0.6) is 0 Å². The lowest BCUT2D eigenvalue weighted by Gasteiger charge is -2.11. The van der Waals surface area contributed by atoms with Crippen LogP contribution >= 0.6 is 12.2 Å². The highest BCUT2D eigenvalue weighted by Crippen LogP contribution is 2.20. The maximum atomic E-state index is 5.22. The van der Waals surface area contributed by atoms with Crippen LogP contribution in [0.25, 0.3) is 0 Å². The van der Waals surface area contributed by atoms with Crippen LogP contribution in [0.1, 0.15) is 11.6 Å². The Labute approximate surface area is 76.8 Å². The number of thiocarbonyl (C=S) groups is 1. The maximum absolute atomic E-state index is 5.22. The molecule has 0 fully saturated rings. The zero-order chi connectivity index (χ0) is 8.39. The van der Waals surface area contributed by atoms with Gasteiger partial charge in [0, 0.05) is 16.8 Å². The average Bonchev–Trinajstić information content (AvgIpc) is 2.57. The SMILES string of the molecule is S=C1C=CC=CC1c1ccc[nH]1. The lowest BCUT2D eigenvalue weighted by molar-refractivity contribution is 1.08. The predicted molar refractivity (Wildman–Crippen MR) is 54.4 cm³/mol. The zero-order valence-corrected chi connectivity index (χ0v) is 7.34. The van der Waals surface area contributed by atoms with E-state index in [1.165, 1.54) is 5.69 Å². The normalized spacial score (nSPS) is 21.7. The lowest BCUT2D eigenvalue weighted by Crippen LogP contribution is -2.07. The first-order valence-corrected chi connectivity index (χ1v) is 4.31. The van der Waals surface area contributed by atoms with E-state index < -0.39 is 0 Å². The quantitative estimate of drug-likeness (QED) is 0.649. The van der Waals surface area contributed by atoms with Gasteiger partial charge < -0.3 is 4.98 Å². The average molecular weight is 175 g/mol. The number of hydrogen-bond acceptors (Lipinski definition) is 1. The third-order valence-electron chi connectivity index (χ3n) is 1.94. The number of aromatic amines is 1. The number of aromatic nitrogens is 1. The van der Waals surface area contributed by atoms with E-state index in [2.05, 4.69) is 17.1 Å². The molecular weight excluding hydrogens is 166 g/mol. The van der Waals surface area contributed by atoms with Crippen molar-refractivity contribution in [2.45, 2.75) is 5.92 Å². The Kier molecular flexibility index (Phi) is 1.92. The van der Waals surface area contributed by atoms with Crippen molar-refractivity contribution < 1.29 is 0 Å². The van der Waals surface area contributed by atoms with Crippen LogP contribution in [-0.4, -0.2) is 9.85 Å². The molecule has 1 aliphatic rings. The van der Waals surface area contributed by atoms with Crippen molar-refractivity contribution in [3.63, 3.8) is 0 Å². The largest absolute Gasteiger partial charge is 0.364 e. The third-order valence-corrected chi connectivity index (χ3v) is 2.33. The van der Waals surface area contributed by atoms with Gasteiger partial charge in [0.15, 0.2) is 0 Å². The summed E-state index contributed by atoms with van der Waals surface area (Å²) in [6, 6.07) is 4.05. The summed E-state index contributed by atoms with van der Waals surface area (Å²) in [5, 5.41) is 0. The van der Waals surface area contributed by atoms with Crippen molar-refractivity contribution in [2.75, 3.05) is 0 Å². The molecule has 0 aromatic carbocycles. The van der Waals surface area contributed by atoms with Gasteiger partial charge in [-0.25, -0.2) is 0 Å². The minimum absolute atomic E-state index is 0.264. The highest BCUT2D eigenvalue weighted by molar-refractivity contribution is 7.80. The number of allylic oxidation sites excluding steroid dienone is 4. The first kappa shape index (κ1) is 7.50. The van der Waals surface area contributed by atoms with Crippen molar-refractivity contribution in [2.24, 2.45) is 0 Å². The van der Waals surface area contributed by atoms with Crippen LogP contribution in [0, 0.1) is 0 Å². The molecule has 1 nitrogen and oxygen atoms in total. The van der Waals surface area contributed by atoms with Gasteiger partial charge in [-0.1, -0.05) is 30.4 Å². The smallest absolute Gasteiger partial charge is 0.0526 e. The van der Waals surface area contributed by atoms with Gasteiger partial charge >= 0.3 is 0 Å². The first-order chi connectivity index (χ1) is 5.88. The molecule has 2 heteroatoms. The van der Waals surface area contributed by atoms with Gasteiger partial charge in [0.25, 0.3) is 0 Å². The van der Waals surface area contributed by atoms with Crippen LogP contribution in [0.15, 0.2) is 42.6 Å². The second-order valence-electron chi connectivity index (χ2n) is 2.75. The highest BCUT2D eigenvalue weighted by Gasteiger charge is 2.13. The molecule has 1 atom stereocenters. The molecule has 2 rings (SSSR count). The van der Waals surface area contributed by atoms with Crippen LogP contribution in [-0.2, 0) is 0 Å².